The van der Waals surface area contributed by atoms with Crippen molar-refractivity contribution < 1.29 is 12.9 Å². The van der Waals surface area contributed by atoms with E-state index in [1.54, 1.807) is 12.1 Å². The molecule has 8 nitrogen and oxygen atoms in total. The Kier molecular flexibility index (Phi) is 5.01. The molecule has 2 heterocycles. The van der Waals surface area contributed by atoms with Gasteiger partial charge in [-0.3, -0.25) is 0 Å². The van der Waals surface area contributed by atoms with Crippen LogP contribution in [0.25, 0.3) is 11.5 Å². The van der Waals surface area contributed by atoms with Crippen molar-refractivity contribution in [1.29, 1.82) is 0 Å². The highest BCUT2D eigenvalue weighted by atomic mass is 32.2. The summed E-state index contributed by atoms with van der Waals surface area (Å²) in [6.07, 6.45) is 0. The van der Waals surface area contributed by atoms with Crippen molar-refractivity contribution in [1.82, 2.24) is 14.9 Å². The molecule has 0 bridgehead atoms. The van der Waals surface area contributed by atoms with Crippen molar-refractivity contribution in [3.8, 4) is 11.5 Å². The van der Waals surface area contributed by atoms with Crippen LogP contribution in [-0.4, -0.2) is 51.8 Å². The highest BCUT2D eigenvalue weighted by molar-refractivity contribution is 7.89. The molecule has 9 heteroatoms. The number of hydrogen-bond acceptors (Lipinski definition) is 7. The van der Waals surface area contributed by atoms with E-state index in [4.69, 9.17) is 4.52 Å². The van der Waals surface area contributed by atoms with Crippen molar-refractivity contribution in [2.75, 3.05) is 43.0 Å². The SMILES string of the molecule is CNS(=O)(=O)c1ccccc1N1CCN(c2noc(-c3ccccc3)n2)CC1. The quantitative estimate of drug-likeness (QED) is 0.701. The van der Waals surface area contributed by atoms with Gasteiger partial charge in [-0.1, -0.05) is 30.3 Å². The molecule has 4 rings (SSSR count). The van der Waals surface area contributed by atoms with Crippen LogP contribution in [0.2, 0.25) is 0 Å². The summed E-state index contributed by atoms with van der Waals surface area (Å²) in [5, 5.41) is 4.10. The van der Waals surface area contributed by atoms with Crippen LogP contribution in [0.1, 0.15) is 0 Å². The molecule has 1 N–H and O–H groups in total. The van der Waals surface area contributed by atoms with E-state index in [-0.39, 0.29) is 4.90 Å². The second-order valence-electron chi connectivity index (χ2n) is 6.41. The Morgan fingerprint density at radius 3 is 2.29 bits per heavy atom. The standard InChI is InChI=1S/C19H21N5O3S/c1-20-28(25,26)17-10-6-5-9-16(17)23-11-13-24(14-12-23)19-21-18(27-22-19)15-7-3-2-4-8-15/h2-10,20H,11-14H2,1H3. The molecule has 2 aromatic carbocycles. The molecule has 3 aromatic rings. The lowest BCUT2D eigenvalue weighted by atomic mass is 10.2. The van der Waals surface area contributed by atoms with E-state index >= 15 is 0 Å². The summed E-state index contributed by atoms with van der Waals surface area (Å²) in [7, 11) is -2.09. The Morgan fingerprint density at radius 1 is 0.929 bits per heavy atom. The molecule has 1 aliphatic rings. The molecule has 146 valence electrons. The third-order valence-corrected chi connectivity index (χ3v) is 6.22. The minimum atomic E-state index is -3.52. The van der Waals surface area contributed by atoms with Crippen LogP contribution in [0.4, 0.5) is 11.6 Å². The van der Waals surface area contributed by atoms with Gasteiger partial charge >= 0.3 is 0 Å². The van der Waals surface area contributed by atoms with Gasteiger partial charge < -0.3 is 14.3 Å². The Hall–Kier alpha value is -2.91. The van der Waals surface area contributed by atoms with Gasteiger partial charge in [-0.2, -0.15) is 4.98 Å². The normalized spacial score (nSPS) is 15.0. The Labute approximate surface area is 163 Å². The molecular formula is C19H21N5O3S. The van der Waals surface area contributed by atoms with E-state index in [0.717, 1.165) is 5.56 Å². The van der Waals surface area contributed by atoms with Crippen LogP contribution in [0.15, 0.2) is 64.0 Å². The first-order valence-electron chi connectivity index (χ1n) is 9.00. The van der Waals surface area contributed by atoms with Gasteiger partial charge in [0, 0.05) is 31.7 Å². The predicted octanol–water partition coefficient (Wildman–Crippen LogP) is 1.97. The van der Waals surface area contributed by atoms with Crippen LogP contribution in [0.5, 0.6) is 0 Å². The molecule has 1 fully saturated rings. The topological polar surface area (TPSA) is 91.6 Å². The minimum absolute atomic E-state index is 0.289. The Balaban J connectivity index is 1.49. The number of anilines is 2. The van der Waals surface area contributed by atoms with Gasteiger partial charge in [0.2, 0.25) is 10.0 Å². The van der Waals surface area contributed by atoms with Gasteiger partial charge in [-0.15, -0.1) is 0 Å². The van der Waals surface area contributed by atoms with E-state index < -0.39 is 10.0 Å². The molecule has 0 aliphatic carbocycles. The fraction of sp³-hybridized carbons (Fsp3) is 0.263. The summed E-state index contributed by atoms with van der Waals surface area (Å²) in [6, 6.07) is 16.7. The molecule has 28 heavy (non-hydrogen) atoms. The summed E-state index contributed by atoms with van der Waals surface area (Å²) in [4.78, 5) is 8.90. The maximum Gasteiger partial charge on any atom is 0.266 e. The van der Waals surface area contributed by atoms with E-state index in [0.29, 0.717) is 43.7 Å². The van der Waals surface area contributed by atoms with Crippen LogP contribution in [0.3, 0.4) is 0 Å². The first-order valence-corrected chi connectivity index (χ1v) is 10.5. The molecule has 1 aliphatic heterocycles. The van der Waals surface area contributed by atoms with E-state index in [1.807, 2.05) is 47.4 Å². The summed E-state index contributed by atoms with van der Waals surface area (Å²) in [5.41, 5.74) is 1.58. The number of nitrogens with zero attached hydrogens (tertiary/aromatic N) is 4. The third-order valence-electron chi connectivity index (χ3n) is 4.76. The average Bonchev–Trinajstić information content (AvgIpc) is 3.25. The second kappa shape index (κ2) is 7.61. The van der Waals surface area contributed by atoms with Gasteiger partial charge in [-0.25, -0.2) is 13.1 Å². The fourth-order valence-corrected chi connectivity index (χ4v) is 4.20. The number of para-hydroxylation sites is 1. The van der Waals surface area contributed by atoms with Crippen LogP contribution < -0.4 is 14.5 Å². The highest BCUT2D eigenvalue weighted by Gasteiger charge is 2.25. The zero-order chi connectivity index (χ0) is 19.6. The summed E-state index contributed by atoms with van der Waals surface area (Å²) >= 11 is 0. The fourth-order valence-electron chi connectivity index (χ4n) is 3.25. The number of sulfonamides is 1. The van der Waals surface area contributed by atoms with E-state index in [9.17, 15) is 8.42 Å². The van der Waals surface area contributed by atoms with Gasteiger partial charge in [0.1, 0.15) is 4.90 Å². The van der Waals surface area contributed by atoms with Crippen molar-refractivity contribution in [3.63, 3.8) is 0 Å². The smallest absolute Gasteiger partial charge is 0.266 e. The monoisotopic (exact) mass is 399 g/mol. The van der Waals surface area contributed by atoms with E-state index in [2.05, 4.69) is 19.8 Å². The van der Waals surface area contributed by atoms with Crippen molar-refractivity contribution in [3.05, 3.63) is 54.6 Å². The predicted molar refractivity (Wildman–Crippen MR) is 107 cm³/mol. The summed E-state index contributed by atoms with van der Waals surface area (Å²) in [5.74, 6) is 1.04. The first-order chi connectivity index (χ1) is 13.6. The van der Waals surface area contributed by atoms with Crippen LogP contribution in [0, 0.1) is 0 Å². The van der Waals surface area contributed by atoms with Gasteiger partial charge in [0.05, 0.1) is 5.69 Å². The Bertz CT molecular complexity index is 1040. The molecule has 0 atom stereocenters. The minimum Gasteiger partial charge on any atom is -0.367 e. The van der Waals surface area contributed by atoms with Crippen molar-refractivity contribution >= 4 is 21.7 Å². The maximum atomic E-state index is 12.3. The summed E-state index contributed by atoms with van der Waals surface area (Å²) < 4.78 is 32.4. The highest BCUT2D eigenvalue weighted by Crippen LogP contribution is 2.27. The number of aromatic nitrogens is 2. The third kappa shape index (κ3) is 3.58. The molecule has 1 saturated heterocycles. The molecule has 0 saturated carbocycles. The first kappa shape index (κ1) is 18.5. The number of piperazine rings is 1. The summed E-state index contributed by atoms with van der Waals surface area (Å²) in [6.45, 7) is 2.65. The lowest BCUT2D eigenvalue weighted by molar-refractivity contribution is 0.428. The van der Waals surface area contributed by atoms with Crippen molar-refractivity contribution in [2.24, 2.45) is 0 Å². The Morgan fingerprint density at radius 2 is 1.57 bits per heavy atom. The second-order valence-corrected chi connectivity index (χ2v) is 8.27. The number of hydrogen-bond donors (Lipinski definition) is 1. The van der Waals surface area contributed by atoms with Gasteiger partial charge in [0.15, 0.2) is 0 Å². The van der Waals surface area contributed by atoms with Gasteiger partial charge in [-0.05, 0) is 36.5 Å². The van der Waals surface area contributed by atoms with Gasteiger partial charge in [0.25, 0.3) is 11.8 Å². The zero-order valence-electron chi connectivity index (χ0n) is 15.4. The zero-order valence-corrected chi connectivity index (χ0v) is 16.3. The molecule has 0 radical (unpaired) electrons. The molecule has 0 amide bonds. The molecule has 0 spiro atoms. The molecular weight excluding hydrogens is 378 g/mol. The van der Waals surface area contributed by atoms with Crippen LogP contribution >= 0.6 is 0 Å². The molecule has 0 unspecified atom stereocenters. The van der Waals surface area contributed by atoms with Crippen molar-refractivity contribution in [2.45, 2.75) is 4.90 Å². The number of nitrogens with one attached hydrogen (secondary N) is 1. The number of benzene rings is 2. The maximum absolute atomic E-state index is 12.3. The largest absolute Gasteiger partial charge is 0.367 e. The van der Waals surface area contributed by atoms with E-state index in [1.165, 1.54) is 7.05 Å². The average molecular weight is 399 g/mol. The molecule has 1 aromatic heterocycles. The lowest BCUT2D eigenvalue weighted by Crippen LogP contribution is -2.47. The number of rotatable bonds is 5. The lowest BCUT2D eigenvalue weighted by Gasteiger charge is -2.36. The van der Waals surface area contributed by atoms with Crippen LogP contribution in [-0.2, 0) is 10.0 Å².